The number of ether oxygens (including phenoxy) is 1. The van der Waals surface area contributed by atoms with Crippen LogP contribution in [0.25, 0.3) is 0 Å². The number of rotatable bonds is 2. The number of carbonyl (C=O) groups is 1. The highest BCUT2D eigenvalue weighted by Crippen LogP contribution is 2.45. The van der Waals surface area contributed by atoms with Crippen molar-refractivity contribution in [2.75, 3.05) is 7.11 Å². The van der Waals surface area contributed by atoms with Crippen LogP contribution in [0.3, 0.4) is 0 Å². The molecule has 0 aromatic carbocycles. The molecule has 2 heterocycles. The van der Waals surface area contributed by atoms with Gasteiger partial charge in [0.15, 0.2) is 0 Å². The summed E-state index contributed by atoms with van der Waals surface area (Å²) in [5, 5.41) is 3.61. The molecule has 20 heavy (non-hydrogen) atoms. The maximum absolute atomic E-state index is 12.2. The van der Waals surface area contributed by atoms with E-state index in [2.05, 4.69) is 11.2 Å². The van der Waals surface area contributed by atoms with Crippen LogP contribution in [0.1, 0.15) is 44.9 Å². The lowest BCUT2D eigenvalue weighted by molar-refractivity contribution is -0.151. The van der Waals surface area contributed by atoms with Crippen molar-refractivity contribution in [2.45, 2.75) is 57.0 Å². The second-order valence-corrected chi connectivity index (χ2v) is 6.77. The van der Waals surface area contributed by atoms with E-state index in [1.54, 1.807) is 0 Å². The molecule has 3 rings (SSSR count). The molecule has 3 fully saturated rings. The number of hydrogen-bond donors (Lipinski definition) is 1. The fourth-order valence-corrected chi connectivity index (χ4v) is 4.77. The molecule has 4 atom stereocenters. The number of terminal acetylenes is 1. The average molecular weight is 275 g/mol. The molecule has 2 bridgehead atoms. The Hall–Kier alpha value is -1.01. The lowest BCUT2D eigenvalue weighted by atomic mass is 9.67. The summed E-state index contributed by atoms with van der Waals surface area (Å²) in [6.45, 7) is 0. The number of hydrogen-bond acceptors (Lipinski definition) is 3. The number of carbonyl (C=O) groups excluding carboxylic acids is 1. The summed E-state index contributed by atoms with van der Waals surface area (Å²) >= 11 is 0. The van der Waals surface area contributed by atoms with Crippen molar-refractivity contribution >= 4 is 5.97 Å². The van der Waals surface area contributed by atoms with Gasteiger partial charge in [-0.2, -0.15) is 0 Å². The second kappa shape index (κ2) is 5.77. The van der Waals surface area contributed by atoms with Crippen molar-refractivity contribution in [3.8, 4) is 12.3 Å². The molecule has 110 valence electrons. The summed E-state index contributed by atoms with van der Waals surface area (Å²) < 4.78 is 5.09. The molecule has 4 unspecified atom stereocenters. The standard InChI is InChI=1S/C17H25NO2/c1-3-11-4-6-12(7-5-11)14-10-13-8-9-15(18-13)16(14)17(19)20-2/h1,11-16,18H,4-10H2,2H3. The third-order valence-corrected chi connectivity index (χ3v) is 5.81. The van der Waals surface area contributed by atoms with E-state index in [-0.39, 0.29) is 11.9 Å². The Labute approximate surface area is 121 Å². The van der Waals surface area contributed by atoms with Crippen LogP contribution in [0.4, 0.5) is 0 Å². The van der Waals surface area contributed by atoms with Crippen LogP contribution in [0.15, 0.2) is 0 Å². The Balaban J connectivity index is 1.73. The molecule has 2 saturated heterocycles. The Morgan fingerprint density at radius 2 is 1.95 bits per heavy atom. The average Bonchev–Trinajstić information content (AvgIpc) is 2.88. The number of piperidine rings is 1. The summed E-state index contributed by atoms with van der Waals surface area (Å²) in [6.07, 6.45) is 13.7. The van der Waals surface area contributed by atoms with Crippen LogP contribution in [-0.4, -0.2) is 25.2 Å². The molecular weight excluding hydrogens is 250 g/mol. The fraction of sp³-hybridized carbons (Fsp3) is 0.824. The molecule has 0 amide bonds. The Bertz CT molecular complexity index is 406. The highest BCUT2D eigenvalue weighted by Gasteiger charge is 2.48. The van der Waals surface area contributed by atoms with Gasteiger partial charge in [-0.05, 0) is 56.8 Å². The van der Waals surface area contributed by atoms with Crippen molar-refractivity contribution in [3.05, 3.63) is 0 Å². The second-order valence-electron chi connectivity index (χ2n) is 6.77. The molecule has 2 aliphatic heterocycles. The minimum absolute atomic E-state index is 0.00748. The lowest BCUT2D eigenvalue weighted by Gasteiger charge is -2.42. The maximum atomic E-state index is 12.2. The number of methoxy groups -OCH3 is 1. The monoisotopic (exact) mass is 275 g/mol. The van der Waals surface area contributed by atoms with Gasteiger partial charge in [0.1, 0.15) is 0 Å². The van der Waals surface area contributed by atoms with Crippen LogP contribution < -0.4 is 5.32 Å². The van der Waals surface area contributed by atoms with Crippen molar-refractivity contribution < 1.29 is 9.53 Å². The van der Waals surface area contributed by atoms with Crippen LogP contribution in [-0.2, 0) is 9.53 Å². The molecule has 3 nitrogen and oxygen atoms in total. The van der Waals surface area contributed by atoms with Crippen LogP contribution in [0.2, 0.25) is 0 Å². The topological polar surface area (TPSA) is 38.3 Å². The summed E-state index contributed by atoms with van der Waals surface area (Å²) in [5.74, 6) is 4.57. The van der Waals surface area contributed by atoms with Crippen molar-refractivity contribution in [2.24, 2.45) is 23.7 Å². The van der Waals surface area contributed by atoms with Gasteiger partial charge in [0.05, 0.1) is 13.0 Å². The number of esters is 1. The molecule has 0 spiro atoms. The number of fused-ring (bicyclic) bond motifs is 2. The maximum Gasteiger partial charge on any atom is 0.310 e. The van der Waals surface area contributed by atoms with Gasteiger partial charge >= 0.3 is 5.97 Å². The van der Waals surface area contributed by atoms with E-state index >= 15 is 0 Å². The van der Waals surface area contributed by atoms with Crippen molar-refractivity contribution in [1.82, 2.24) is 5.32 Å². The first kappa shape index (κ1) is 13.9. The predicted molar refractivity (Wildman–Crippen MR) is 77.8 cm³/mol. The largest absolute Gasteiger partial charge is 0.469 e. The summed E-state index contributed by atoms with van der Waals surface area (Å²) in [6, 6.07) is 0.966. The van der Waals surface area contributed by atoms with Crippen LogP contribution in [0.5, 0.6) is 0 Å². The van der Waals surface area contributed by atoms with Gasteiger partial charge in [0.25, 0.3) is 0 Å². The first-order chi connectivity index (χ1) is 9.72. The van der Waals surface area contributed by atoms with Gasteiger partial charge in [-0.25, -0.2) is 0 Å². The summed E-state index contributed by atoms with van der Waals surface area (Å²) in [7, 11) is 1.52. The molecule has 3 aliphatic rings. The third kappa shape index (κ3) is 2.46. The predicted octanol–water partition coefficient (Wildman–Crippen LogP) is 2.36. The van der Waals surface area contributed by atoms with Gasteiger partial charge in [0.2, 0.25) is 0 Å². The van der Waals surface area contributed by atoms with Gasteiger partial charge in [-0.3, -0.25) is 4.79 Å². The van der Waals surface area contributed by atoms with Crippen molar-refractivity contribution in [1.29, 1.82) is 0 Å². The normalized spacial score (nSPS) is 43.8. The molecule has 1 aliphatic carbocycles. The first-order valence-corrected chi connectivity index (χ1v) is 8.03. The molecule has 1 N–H and O–H groups in total. The van der Waals surface area contributed by atoms with Crippen LogP contribution in [0, 0.1) is 36.0 Å². The Kier molecular flexibility index (Phi) is 4.03. The van der Waals surface area contributed by atoms with Crippen molar-refractivity contribution in [3.63, 3.8) is 0 Å². The Morgan fingerprint density at radius 3 is 2.60 bits per heavy atom. The van der Waals surface area contributed by atoms with E-state index in [1.165, 1.54) is 26.4 Å². The van der Waals surface area contributed by atoms with Crippen LogP contribution >= 0.6 is 0 Å². The smallest absolute Gasteiger partial charge is 0.310 e. The lowest BCUT2D eigenvalue weighted by Crippen LogP contribution is -2.51. The number of nitrogens with one attached hydrogen (secondary N) is 1. The van der Waals surface area contributed by atoms with E-state index in [4.69, 9.17) is 11.2 Å². The van der Waals surface area contributed by atoms with E-state index in [9.17, 15) is 4.79 Å². The highest BCUT2D eigenvalue weighted by atomic mass is 16.5. The molecule has 0 radical (unpaired) electrons. The SMILES string of the molecule is C#CC1CCC(C2CC3CCC(N3)C2C(=O)OC)CC1. The third-order valence-electron chi connectivity index (χ3n) is 5.81. The zero-order valence-corrected chi connectivity index (χ0v) is 12.3. The summed E-state index contributed by atoms with van der Waals surface area (Å²) in [5.41, 5.74) is 0. The van der Waals surface area contributed by atoms with Gasteiger partial charge in [0, 0.05) is 18.0 Å². The molecule has 0 aromatic heterocycles. The first-order valence-electron chi connectivity index (χ1n) is 8.03. The van der Waals surface area contributed by atoms with E-state index in [1.807, 2.05) is 0 Å². The molecule has 1 saturated carbocycles. The summed E-state index contributed by atoms with van der Waals surface area (Å²) in [4.78, 5) is 12.2. The van der Waals surface area contributed by atoms with E-state index < -0.39 is 0 Å². The zero-order valence-electron chi connectivity index (χ0n) is 12.3. The van der Waals surface area contributed by atoms with E-state index in [0.29, 0.717) is 29.8 Å². The van der Waals surface area contributed by atoms with E-state index in [0.717, 1.165) is 25.7 Å². The quantitative estimate of drug-likeness (QED) is 0.621. The molecule has 0 aromatic rings. The molecule has 3 heteroatoms. The highest BCUT2D eigenvalue weighted by molar-refractivity contribution is 5.74. The fourth-order valence-electron chi connectivity index (χ4n) is 4.77. The van der Waals surface area contributed by atoms with Gasteiger partial charge in [-0.15, -0.1) is 12.3 Å². The molecular formula is C17H25NO2. The van der Waals surface area contributed by atoms with Gasteiger partial charge < -0.3 is 10.1 Å². The Morgan fingerprint density at radius 1 is 1.20 bits per heavy atom. The zero-order chi connectivity index (χ0) is 14.1. The minimum Gasteiger partial charge on any atom is -0.469 e. The van der Waals surface area contributed by atoms with Gasteiger partial charge in [-0.1, -0.05) is 0 Å². The minimum atomic E-state index is -0.00748.